The second-order valence-corrected chi connectivity index (χ2v) is 5.72. The Morgan fingerprint density at radius 1 is 1.26 bits per heavy atom. The molecule has 0 amide bonds. The standard InChI is InChI=1S/C13H17ClFN3S/c14-11-2-1-10(12(15)7-11)8-17-3-5-18(6-4-17)9-13(16)19/h1-2,7H,3-6,8-9H2,(H2,16,19). The highest BCUT2D eigenvalue weighted by atomic mass is 35.5. The molecule has 0 unspecified atom stereocenters. The van der Waals surface area contributed by atoms with Crippen LogP contribution in [0.4, 0.5) is 4.39 Å². The highest BCUT2D eigenvalue weighted by molar-refractivity contribution is 7.80. The van der Waals surface area contributed by atoms with Gasteiger partial charge in [-0.15, -0.1) is 0 Å². The van der Waals surface area contributed by atoms with Gasteiger partial charge in [0.25, 0.3) is 0 Å². The number of thiocarbonyl (C=S) groups is 1. The van der Waals surface area contributed by atoms with Gasteiger partial charge in [0.2, 0.25) is 0 Å². The molecule has 1 saturated heterocycles. The van der Waals surface area contributed by atoms with Crippen LogP contribution in [0.15, 0.2) is 18.2 Å². The quantitative estimate of drug-likeness (QED) is 0.861. The Kier molecular flexibility index (Phi) is 5.10. The molecule has 0 spiro atoms. The minimum atomic E-state index is -0.238. The van der Waals surface area contributed by atoms with Gasteiger partial charge in [-0.3, -0.25) is 9.80 Å². The average Bonchev–Trinajstić information content (AvgIpc) is 2.34. The first kappa shape index (κ1) is 14.7. The largest absolute Gasteiger partial charge is 0.392 e. The van der Waals surface area contributed by atoms with Crippen molar-refractivity contribution in [3.63, 3.8) is 0 Å². The van der Waals surface area contributed by atoms with Crippen molar-refractivity contribution in [1.29, 1.82) is 0 Å². The van der Waals surface area contributed by atoms with Crippen molar-refractivity contribution in [1.82, 2.24) is 9.80 Å². The molecule has 2 N–H and O–H groups in total. The van der Waals surface area contributed by atoms with Gasteiger partial charge in [0, 0.05) is 49.9 Å². The van der Waals surface area contributed by atoms with Crippen molar-refractivity contribution in [3.05, 3.63) is 34.6 Å². The van der Waals surface area contributed by atoms with Gasteiger partial charge in [0.05, 0.1) is 4.99 Å². The average molecular weight is 302 g/mol. The van der Waals surface area contributed by atoms with E-state index in [-0.39, 0.29) is 5.82 Å². The number of benzene rings is 1. The minimum Gasteiger partial charge on any atom is -0.392 e. The van der Waals surface area contributed by atoms with E-state index in [1.807, 2.05) is 0 Å². The fourth-order valence-electron chi connectivity index (χ4n) is 2.22. The lowest BCUT2D eigenvalue weighted by Gasteiger charge is -2.34. The summed E-state index contributed by atoms with van der Waals surface area (Å²) in [6.07, 6.45) is 0. The highest BCUT2D eigenvalue weighted by Gasteiger charge is 2.18. The highest BCUT2D eigenvalue weighted by Crippen LogP contribution is 2.17. The number of nitrogens with two attached hydrogens (primary N) is 1. The summed E-state index contributed by atoms with van der Waals surface area (Å²) in [7, 11) is 0. The summed E-state index contributed by atoms with van der Waals surface area (Å²) in [6.45, 7) is 4.89. The third-order valence-electron chi connectivity index (χ3n) is 3.25. The molecule has 3 nitrogen and oxygen atoms in total. The molecule has 104 valence electrons. The van der Waals surface area contributed by atoms with Crippen LogP contribution in [0.5, 0.6) is 0 Å². The summed E-state index contributed by atoms with van der Waals surface area (Å²) >= 11 is 10.6. The summed E-state index contributed by atoms with van der Waals surface area (Å²) in [4.78, 5) is 4.97. The van der Waals surface area contributed by atoms with Crippen LogP contribution in [-0.2, 0) is 6.54 Å². The van der Waals surface area contributed by atoms with Gasteiger partial charge in [0.15, 0.2) is 0 Å². The molecule has 19 heavy (non-hydrogen) atoms. The maximum atomic E-state index is 13.7. The minimum absolute atomic E-state index is 0.238. The lowest BCUT2D eigenvalue weighted by molar-refractivity contribution is 0.139. The van der Waals surface area contributed by atoms with Gasteiger partial charge in [-0.2, -0.15) is 0 Å². The van der Waals surface area contributed by atoms with Gasteiger partial charge in [-0.25, -0.2) is 4.39 Å². The van der Waals surface area contributed by atoms with E-state index in [0.29, 0.717) is 28.7 Å². The Morgan fingerprint density at radius 3 is 2.47 bits per heavy atom. The molecule has 0 aliphatic carbocycles. The zero-order chi connectivity index (χ0) is 13.8. The second-order valence-electron chi connectivity index (χ2n) is 4.75. The predicted octanol–water partition coefficient (Wildman–Crippen LogP) is 1.88. The van der Waals surface area contributed by atoms with E-state index in [2.05, 4.69) is 9.80 Å². The molecule has 6 heteroatoms. The molecule has 1 heterocycles. The van der Waals surface area contributed by atoms with Crippen LogP contribution in [0.3, 0.4) is 0 Å². The first-order chi connectivity index (χ1) is 9.04. The molecule has 0 saturated carbocycles. The van der Waals surface area contributed by atoms with Crippen molar-refractivity contribution in [2.75, 3.05) is 32.7 Å². The van der Waals surface area contributed by atoms with Crippen LogP contribution in [0.2, 0.25) is 5.02 Å². The number of piperazine rings is 1. The summed E-state index contributed by atoms with van der Waals surface area (Å²) in [6, 6.07) is 4.84. The third kappa shape index (κ3) is 4.38. The van der Waals surface area contributed by atoms with E-state index < -0.39 is 0 Å². The topological polar surface area (TPSA) is 32.5 Å². The number of nitrogens with zero attached hydrogens (tertiary/aromatic N) is 2. The van der Waals surface area contributed by atoms with E-state index in [1.165, 1.54) is 6.07 Å². The van der Waals surface area contributed by atoms with E-state index >= 15 is 0 Å². The van der Waals surface area contributed by atoms with E-state index in [9.17, 15) is 4.39 Å². The molecule has 1 aromatic carbocycles. The first-order valence-electron chi connectivity index (χ1n) is 6.21. The maximum absolute atomic E-state index is 13.7. The van der Waals surface area contributed by atoms with Crippen LogP contribution < -0.4 is 5.73 Å². The van der Waals surface area contributed by atoms with Crippen molar-refractivity contribution < 1.29 is 4.39 Å². The molecule has 0 bridgehead atoms. The van der Waals surface area contributed by atoms with Crippen molar-refractivity contribution >= 4 is 28.8 Å². The van der Waals surface area contributed by atoms with E-state index in [1.54, 1.807) is 12.1 Å². The molecule has 2 rings (SSSR count). The lowest BCUT2D eigenvalue weighted by Crippen LogP contribution is -2.48. The Bertz CT molecular complexity index is 461. The van der Waals surface area contributed by atoms with Crippen LogP contribution in [0, 0.1) is 5.82 Å². The first-order valence-corrected chi connectivity index (χ1v) is 7.00. The Labute approximate surface area is 123 Å². The Hall–Kier alpha value is -0.750. The summed E-state index contributed by atoms with van der Waals surface area (Å²) in [5.74, 6) is -0.238. The summed E-state index contributed by atoms with van der Waals surface area (Å²) < 4.78 is 13.7. The third-order valence-corrected chi connectivity index (χ3v) is 3.62. The lowest BCUT2D eigenvalue weighted by atomic mass is 10.2. The zero-order valence-electron chi connectivity index (χ0n) is 10.6. The fraction of sp³-hybridized carbons (Fsp3) is 0.462. The molecule has 1 aliphatic heterocycles. The van der Waals surface area contributed by atoms with Crippen molar-refractivity contribution in [3.8, 4) is 0 Å². The van der Waals surface area contributed by atoms with Gasteiger partial charge < -0.3 is 5.73 Å². The van der Waals surface area contributed by atoms with Crippen LogP contribution in [0.1, 0.15) is 5.56 Å². The molecule has 0 aromatic heterocycles. The van der Waals surface area contributed by atoms with Gasteiger partial charge in [-0.1, -0.05) is 29.9 Å². The molecule has 0 atom stereocenters. The SMILES string of the molecule is NC(=S)CN1CCN(Cc2ccc(Cl)cc2F)CC1. The second kappa shape index (κ2) is 6.61. The molecule has 1 aliphatic rings. The monoisotopic (exact) mass is 301 g/mol. The molecular weight excluding hydrogens is 285 g/mol. The summed E-state index contributed by atoms with van der Waals surface area (Å²) in [5.41, 5.74) is 6.22. The van der Waals surface area contributed by atoms with Gasteiger partial charge in [-0.05, 0) is 12.1 Å². The number of hydrogen-bond acceptors (Lipinski definition) is 3. The summed E-state index contributed by atoms with van der Waals surface area (Å²) in [5, 5.41) is 0.433. The van der Waals surface area contributed by atoms with E-state index in [4.69, 9.17) is 29.6 Å². The predicted molar refractivity (Wildman–Crippen MR) is 79.9 cm³/mol. The van der Waals surface area contributed by atoms with Crippen molar-refractivity contribution in [2.24, 2.45) is 5.73 Å². The van der Waals surface area contributed by atoms with Gasteiger partial charge in [0.1, 0.15) is 5.82 Å². The van der Waals surface area contributed by atoms with Crippen LogP contribution in [0.25, 0.3) is 0 Å². The van der Waals surface area contributed by atoms with E-state index in [0.717, 1.165) is 26.2 Å². The Balaban J connectivity index is 1.87. The molecular formula is C13H17ClFN3S. The maximum Gasteiger partial charge on any atom is 0.129 e. The smallest absolute Gasteiger partial charge is 0.129 e. The number of halogens is 2. The molecule has 0 radical (unpaired) electrons. The number of rotatable bonds is 4. The fourth-order valence-corrected chi connectivity index (χ4v) is 2.56. The van der Waals surface area contributed by atoms with Crippen LogP contribution in [-0.4, -0.2) is 47.5 Å². The number of hydrogen-bond donors (Lipinski definition) is 1. The van der Waals surface area contributed by atoms with Crippen molar-refractivity contribution in [2.45, 2.75) is 6.54 Å². The zero-order valence-corrected chi connectivity index (χ0v) is 12.2. The van der Waals surface area contributed by atoms with Crippen LogP contribution >= 0.6 is 23.8 Å². The van der Waals surface area contributed by atoms with Gasteiger partial charge >= 0.3 is 0 Å². The molecule has 1 aromatic rings. The Morgan fingerprint density at radius 2 is 1.89 bits per heavy atom. The normalized spacial score (nSPS) is 17.6. The molecule has 1 fully saturated rings.